The third kappa shape index (κ3) is 5.86. The topological polar surface area (TPSA) is 66.5 Å². The number of anilines is 1. The predicted octanol–water partition coefficient (Wildman–Crippen LogP) is 4.76. The molecule has 1 aliphatic heterocycles. The maximum absolute atomic E-state index is 13.1. The zero-order valence-electron chi connectivity index (χ0n) is 18.3. The van der Waals surface area contributed by atoms with Gasteiger partial charge in [0.05, 0.1) is 11.4 Å². The summed E-state index contributed by atoms with van der Waals surface area (Å²) in [5.74, 6) is -0.0779. The van der Waals surface area contributed by atoms with Gasteiger partial charge in [-0.25, -0.2) is 12.8 Å². The number of sulfonamides is 1. The van der Waals surface area contributed by atoms with Gasteiger partial charge < -0.3 is 5.32 Å². The SMILES string of the molecule is O=C(CNc1ccc(S(=O)(=O)N2CCC(Cc3ccccc3)CC2)cc1)c1ccc(F)cc1. The minimum atomic E-state index is -3.55. The van der Waals surface area contributed by atoms with Gasteiger partial charge >= 0.3 is 0 Å². The Kier molecular flexibility index (Phi) is 7.20. The number of nitrogens with one attached hydrogen (secondary N) is 1. The fraction of sp³-hybridized carbons (Fsp3) is 0.269. The molecule has 0 radical (unpaired) electrons. The highest BCUT2D eigenvalue weighted by Gasteiger charge is 2.29. The van der Waals surface area contributed by atoms with E-state index in [1.54, 1.807) is 28.6 Å². The van der Waals surface area contributed by atoms with Crippen LogP contribution in [0, 0.1) is 11.7 Å². The molecule has 172 valence electrons. The number of benzene rings is 3. The van der Waals surface area contributed by atoms with Crippen molar-refractivity contribution in [3.05, 3.63) is 95.8 Å². The molecule has 1 saturated heterocycles. The van der Waals surface area contributed by atoms with E-state index in [1.165, 1.54) is 29.8 Å². The summed E-state index contributed by atoms with van der Waals surface area (Å²) in [5.41, 5.74) is 2.35. The van der Waals surface area contributed by atoms with Gasteiger partial charge in [0, 0.05) is 24.3 Å². The van der Waals surface area contributed by atoms with Gasteiger partial charge in [0.2, 0.25) is 10.0 Å². The first-order valence-corrected chi connectivity index (χ1v) is 12.5. The molecule has 1 aliphatic rings. The first-order chi connectivity index (χ1) is 15.9. The monoisotopic (exact) mass is 466 g/mol. The Hall–Kier alpha value is -3.03. The standard InChI is InChI=1S/C26H27FN2O3S/c27-23-8-6-22(7-9-23)26(30)19-28-24-10-12-25(13-11-24)33(31,32)29-16-14-21(15-17-29)18-20-4-2-1-3-5-20/h1-13,21,28H,14-19H2. The molecule has 1 heterocycles. The molecule has 0 saturated carbocycles. The average Bonchev–Trinajstić information content (AvgIpc) is 2.84. The van der Waals surface area contributed by atoms with E-state index in [9.17, 15) is 17.6 Å². The Bertz CT molecular complexity index is 1170. The van der Waals surface area contributed by atoms with Crippen LogP contribution in [0.25, 0.3) is 0 Å². The van der Waals surface area contributed by atoms with Crippen molar-refractivity contribution in [2.24, 2.45) is 5.92 Å². The Balaban J connectivity index is 1.31. The number of hydrogen-bond acceptors (Lipinski definition) is 4. The van der Waals surface area contributed by atoms with Crippen LogP contribution in [0.4, 0.5) is 10.1 Å². The van der Waals surface area contributed by atoms with Crippen molar-refractivity contribution in [2.45, 2.75) is 24.2 Å². The highest BCUT2D eigenvalue weighted by Crippen LogP contribution is 2.26. The largest absolute Gasteiger partial charge is 0.378 e. The number of ketones is 1. The number of Topliss-reactive ketones (excluding diaryl/α,β-unsaturated/α-hetero) is 1. The normalized spacial score (nSPS) is 15.3. The summed E-state index contributed by atoms with van der Waals surface area (Å²) in [7, 11) is -3.55. The van der Waals surface area contributed by atoms with E-state index >= 15 is 0 Å². The Morgan fingerprint density at radius 1 is 0.909 bits per heavy atom. The molecular weight excluding hydrogens is 439 g/mol. The van der Waals surface area contributed by atoms with Crippen LogP contribution in [0.15, 0.2) is 83.8 Å². The van der Waals surface area contributed by atoms with Crippen molar-refractivity contribution >= 4 is 21.5 Å². The summed E-state index contributed by atoms with van der Waals surface area (Å²) in [6, 6.07) is 22.1. The summed E-state index contributed by atoms with van der Waals surface area (Å²) >= 11 is 0. The number of hydrogen-bond donors (Lipinski definition) is 1. The number of carbonyl (C=O) groups is 1. The van der Waals surface area contributed by atoms with E-state index in [-0.39, 0.29) is 17.2 Å². The maximum atomic E-state index is 13.1. The minimum Gasteiger partial charge on any atom is -0.378 e. The molecule has 3 aromatic carbocycles. The van der Waals surface area contributed by atoms with Crippen LogP contribution in [0.3, 0.4) is 0 Å². The van der Waals surface area contributed by atoms with Crippen LogP contribution in [-0.2, 0) is 16.4 Å². The quantitative estimate of drug-likeness (QED) is 0.486. The van der Waals surface area contributed by atoms with Crippen LogP contribution >= 0.6 is 0 Å². The first kappa shape index (κ1) is 23.1. The van der Waals surface area contributed by atoms with E-state index in [0.717, 1.165) is 19.3 Å². The van der Waals surface area contributed by atoms with Crippen molar-refractivity contribution in [3.8, 4) is 0 Å². The van der Waals surface area contributed by atoms with Crippen LogP contribution in [-0.4, -0.2) is 38.1 Å². The van der Waals surface area contributed by atoms with Crippen LogP contribution < -0.4 is 5.32 Å². The van der Waals surface area contributed by atoms with Crippen molar-refractivity contribution in [3.63, 3.8) is 0 Å². The molecule has 0 bridgehead atoms. The van der Waals surface area contributed by atoms with E-state index in [2.05, 4.69) is 17.4 Å². The average molecular weight is 467 g/mol. The van der Waals surface area contributed by atoms with Crippen LogP contribution in [0.5, 0.6) is 0 Å². The molecule has 7 heteroatoms. The zero-order chi connectivity index (χ0) is 23.3. The van der Waals surface area contributed by atoms with Gasteiger partial charge in [-0.15, -0.1) is 0 Å². The molecule has 0 amide bonds. The van der Waals surface area contributed by atoms with E-state index < -0.39 is 15.8 Å². The molecular formula is C26H27FN2O3S. The number of halogens is 1. The second kappa shape index (κ2) is 10.3. The third-order valence-corrected chi connectivity index (χ3v) is 7.96. The Morgan fingerprint density at radius 2 is 1.55 bits per heavy atom. The molecule has 0 unspecified atom stereocenters. The summed E-state index contributed by atoms with van der Waals surface area (Å²) in [5, 5.41) is 2.99. The predicted molar refractivity (Wildman–Crippen MR) is 127 cm³/mol. The highest BCUT2D eigenvalue weighted by atomic mass is 32.2. The molecule has 4 rings (SSSR count). The molecule has 1 N–H and O–H groups in total. The lowest BCUT2D eigenvalue weighted by molar-refractivity contribution is 0.101. The fourth-order valence-electron chi connectivity index (χ4n) is 4.12. The number of carbonyl (C=O) groups excluding carboxylic acids is 1. The van der Waals surface area contributed by atoms with E-state index in [0.29, 0.717) is 30.3 Å². The van der Waals surface area contributed by atoms with Crippen LogP contribution in [0.1, 0.15) is 28.8 Å². The van der Waals surface area contributed by atoms with Crippen molar-refractivity contribution < 1.29 is 17.6 Å². The summed E-state index contributed by atoms with van der Waals surface area (Å²) in [4.78, 5) is 12.5. The summed E-state index contributed by atoms with van der Waals surface area (Å²) in [6.45, 7) is 1.07. The van der Waals surface area contributed by atoms with Gasteiger partial charge in [-0.2, -0.15) is 4.31 Å². The van der Waals surface area contributed by atoms with Gasteiger partial charge in [-0.1, -0.05) is 30.3 Å². The van der Waals surface area contributed by atoms with Crippen molar-refractivity contribution in [2.75, 3.05) is 25.0 Å². The van der Waals surface area contributed by atoms with Gasteiger partial charge in [0.25, 0.3) is 0 Å². The lowest BCUT2D eigenvalue weighted by atomic mass is 9.91. The lowest BCUT2D eigenvalue weighted by Gasteiger charge is -2.31. The second-order valence-electron chi connectivity index (χ2n) is 8.35. The molecule has 3 aromatic rings. The molecule has 5 nitrogen and oxygen atoms in total. The summed E-state index contributed by atoms with van der Waals surface area (Å²) in [6.07, 6.45) is 2.67. The number of rotatable bonds is 8. The van der Waals surface area contributed by atoms with Gasteiger partial charge in [-0.3, -0.25) is 4.79 Å². The lowest BCUT2D eigenvalue weighted by Crippen LogP contribution is -2.38. The van der Waals surface area contributed by atoms with Gasteiger partial charge in [0.1, 0.15) is 5.82 Å². The van der Waals surface area contributed by atoms with Gasteiger partial charge in [0.15, 0.2) is 5.78 Å². The molecule has 0 aliphatic carbocycles. The Labute approximate surface area is 194 Å². The molecule has 1 fully saturated rings. The molecule has 33 heavy (non-hydrogen) atoms. The number of piperidine rings is 1. The smallest absolute Gasteiger partial charge is 0.243 e. The second-order valence-corrected chi connectivity index (χ2v) is 10.3. The minimum absolute atomic E-state index is 0.0344. The number of nitrogens with zero attached hydrogens (tertiary/aromatic N) is 1. The van der Waals surface area contributed by atoms with Crippen LogP contribution in [0.2, 0.25) is 0 Å². The molecule has 0 atom stereocenters. The first-order valence-electron chi connectivity index (χ1n) is 11.1. The zero-order valence-corrected chi connectivity index (χ0v) is 19.1. The highest BCUT2D eigenvalue weighted by molar-refractivity contribution is 7.89. The van der Waals surface area contributed by atoms with E-state index in [4.69, 9.17) is 0 Å². The summed E-state index contributed by atoms with van der Waals surface area (Å²) < 4.78 is 40.7. The molecule has 0 spiro atoms. The van der Waals surface area contributed by atoms with E-state index in [1.807, 2.05) is 18.2 Å². The molecule has 0 aromatic heterocycles. The maximum Gasteiger partial charge on any atom is 0.243 e. The Morgan fingerprint density at radius 3 is 2.18 bits per heavy atom. The third-order valence-electron chi connectivity index (χ3n) is 6.05. The van der Waals surface area contributed by atoms with Gasteiger partial charge in [-0.05, 0) is 79.3 Å². The fourth-order valence-corrected chi connectivity index (χ4v) is 5.58. The van der Waals surface area contributed by atoms with Crippen molar-refractivity contribution in [1.82, 2.24) is 4.31 Å². The van der Waals surface area contributed by atoms with Crippen molar-refractivity contribution in [1.29, 1.82) is 0 Å².